The summed E-state index contributed by atoms with van der Waals surface area (Å²) in [4.78, 5) is 25.6. The number of carbonyl (C=O) groups is 2. The molecule has 0 bridgehead atoms. The second-order valence-corrected chi connectivity index (χ2v) is 9.53. The third-order valence-electron chi connectivity index (χ3n) is 2.58. The first-order valence-electron chi connectivity index (χ1n) is 7.38. The first-order valence-corrected chi connectivity index (χ1v) is 9.48. The van der Waals surface area contributed by atoms with Crippen molar-refractivity contribution >= 4 is 31.3 Å². The van der Waals surface area contributed by atoms with Gasteiger partial charge in [0, 0.05) is 6.54 Å². The second kappa shape index (κ2) is 9.73. The van der Waals surface area contributed by atoms with Crippen LogP contribution in [0.15, 0.2) is 0 Å². The number of halogens is 1. The molecule has 10 heteroatoms. The molecule has 0 rings (SSSR count). The summed E-state index contributed by atoms with van der Waals surface area (Å²) in [6.07, 6.45) is -0.0867. The Morgan fingerprint density at radius 3 is 1.58 bits per heavy atom. The highest BCUT2D eigenvalue weighted by molar-refractivity contribution is 7.53. The topological polar surface area (TPSA) is 100 Å². The Kier molecular flexibility index (Phi) is 9.46. The number of nitrogens with one attached hydrogen (secondary N) is 1. The highest BCUT2D eigenvalue weighted by atomic mass is 35.5. The van der Waals surface area contributed by atoms with Gasteiger partial charge in [-0.15, -0.1) is 0 Å². The Labute approximate surface area is 148 Å². The maximum absolute atomic E-state index is 12.5. The van der Waals surface area contributed by atoms with Gasteiger partial charge in [0.1, 0.15) is 0 Å². The zero-order chi connectivity index (χ0) is 19.0. The molecule has 0 unspecified atom stereocenters. The molecule has 8 nitrogen and oxygen atoms in total. The van der Waals surface area contributed by atoms with E-state index in [1.54, 1.807) is 41.5 Å². The number of hydrogen-bond acceptors (Lipinski definition) is 8. The summed E-state index contributed by atoms with van der Waals surface area (Å²) < 4.78 is 32.4. The van der Waals surface area contributed by atoms with Gasteiger partial charge < -0.3 is 9.47 Å². The van der Waals surface area contributed by atoms with E-state index in [0.29, 0.717) is 0 Å². The normalized spacial score (nSPS) is 12.8. The van der Waals surface area contributed by atoms with E-state index >= 15 is 0 Å². The van der Waals surface area contributed by atoms with E-state index in [9.17, 15) is 14.2 Å². The van der Waals surface area contributed by atoms with E-state index in [1.807, 2.05) is 0 Å². The fourth-order valence-corrected chi connectivity index (χ4v) is 2.47. The van der Waals surface area contributed by atoms with Crippen LogP contribution < -0.4 is 4.84 Å². The average Bonchev–Trinajstić information content (AvgIpc) is 2.43. The molecule has 0 aliphatic rings. The van der Waals surface area contributed by atoms with Crippen molar-refractivity contribution in [3.8, 4) is 0 Å². The van der Waals surface area contributed by atoms with Crippen molar-refractivity contribution < 1.29 is 32.7 Å². The number of hydrogen-bond donors (Lipinski definition) is 1. The molecule has 0 aromatic rings. The fourth-order valence-electron chi connectivity index (χ4n) is 1.10. The van der Waals surface area contributed by atoms with E-state index in [4.69, 9.17) is 30.3 Å². The van der Waals surface area contributed by atoms with Crippen molar-refractivity contribution in [1.29, 1.82) is 0 Å². The van der Waals surface area contributed by atoms with Gasteiger partial charge >= 0.3 is 19.5 Å². The Hall–Kier alpha value is -0.660. The van der Waals surface area contributed by atoms with Crippen molar-refractivity contribution in [1.82, 2.24) is 4.84 Å². The molecule has 0 aliphatic carbocycles. The number of esters is 2. The lowest BCUT2D eigenvalue weighted by atomic mass is 9.98. The molecule has 0 amide bonds. The smallest absolute Gasteiger partial charge is 0.337 e. The Balaban J connectivity index is 4.53. The number of ether oxygens (including phenoxy) is 2. The zero-order valence-electron chi connectivity index (χ0n) is 15.0. The quantitative estimate of drug-likeness (QED) is 0.279. The van der Waals surface area contributed by atoms with Crippen molar-refractivity contribution in [2.45, 2.75) is 41.5 Å². The molecule has 24 heavy (non-hydrogen) atoms. The van der Waals surface area contributed by atoms with E-state index in [1.165, 1.54) is 0 Å². The highest BCUT2D eigenvalue weighted by Crippen LogP contribution is 2.47. The monoisotopic (exact) mass is 387 g/mol. The molecule has 0 aliphatic heterocycles. The zero-order valence-corrected chi connectivity index (χ0v) is 16.7. The predicted octanol–water partition coefficient (Wildman–Crippen LogP) is 3.05. The number of carbonyl (C=O) groups excluding carboxylic acids is 2. The lowest BCUT2D eigenvalue weighted by Crippen LogP contribution is -2.25. The third kappa shape index (κ3) is 9.59. The van der Waals surface area contributed by atoms with Crippen LogP contribution in [0.2, 0.25) is 0 Å². The summed E-state index contributed by atoms with van der Waals surface area (Å²) in [6, 6.07) is 0. The maximum atomic E-state index is 12.5. The van der Waals surface area contributed by atoms with Gasteiger partial charge in [-0.25, -0.2) is 4.84 Å². The van der Waals surface area contributed by atoms with Crippen molar-refractivity contribution in [2.75, 3.05) is 26.3 Å². The van der Waals surface area contributed by atoms with Crippen LogP contribution in [0.3, 0.4) is 0 Å². The van der Waals surface area contributed by atoms with Crippen LogP contribution in [0.4, 0.5) is 0 Å². The van der Waals surface area contributed by atoms with Crippen LogP contribution in [-0.4, -0.2) is 38.2 Å². The fraction of sp³-hybridized carbons (Fsp3) is 0.857. The van der Waals surface area contributed by atoms with Crippen LogP contribution in [-0.2, 0) is 32.7 Å². The molecular formula is C14H27ClNO7P. The average molecular weight is 388 g/mol. The lowest BCUT2D eigenvalue weighted by molar-refractivity contribution is -0.162. The van der Waals surface area contributed by atoms with Gasteiger partial charge in [-0.3, -0.25) is 23.2 Å². The van der Waals surface area contributed by atoms with Gasteiger partial charge in [0.15, 0.2) is 0 Å². The summed E-state index contributed by atoms with van der Waals surface area (Å²) in [7, 11) is -3.65. The molecule has 0 aromatic heterocycles. The van der Waals surface area contributed by atoms with Gasteiger partial charge in [-0.1, -0.05) is 0 Å². The Morgan fingerprint density at radius 1 is 0.917 bits per heavy atom. The summed E-state index contributed by atoms with van der Waals surface area (Å²) in [5, 5.41) is 0. The molecule has 0 saturated heterocycles. The minimum Gasteiger partial charge on any atom is -0.438 e. The van der Waals surface area contributed by atoms with E-state index in [-0.39, 0.29) is 12.7 Å². The summed E-state index contributed by atoms with van der Waals surface area (Å²) >= 11 is 5.34. The first kappa shape index (κ1) is 23.3. The van der Waals surface area contributed by atoms with Gasteiger partial charge in [0.05, 0.1) is 17.0 Å². The van der Waals surface area contributed by atoms with Crippen LogP contribution in [0, 0.1) is 10.8 Å². The minimum absolute atomic E-state index is 0.0867. The Bertz CT molecular complexity index is 435. The molecule has 0 saturated carbocycles. The van der Waals surface area contributed by atoms with Crippen LogP contribution in [0.5, 0.6) is 0 Å². The summed E-state index contributed by atoms with van der Waals surface area (Å²) in [5.74, 6) is -1.02. The molecule has 1 N–H and O–H groups in total. The first-order chi connectivity index (χ1) is 10.8. The SMILES string of the molecule is CC(C)(C)C(=O)OCOP(=O)(CCNCl)OCOC(=O)C(C)(C)C. The molecule has 0 radical (unpaired) electrons. The van der Waals surface area contributed by atoms with Crippen LogP contribution >= 0.6 is 19.4 Å². The van der Waals surface area contributed by atoms with Gasteiger partial charge in [-0.2, -0.15) is 0 Å². The molecule has 0 fully saturated rings. The van der Waals surface area contributed by atoms with Gasteiger partial charge in [0.25, 0.3) is 0 Å². The van der Waals surface area contributed by atoms with Crippen LogP contribution in [0.1, 0.15) is 41.5 Å². The molecule has 0 spiro atoms. The number of rotatable bonds is 9. The van der Waals surface area contributed by atoms with E-state index in [0.717, 1.165) is 0 Å². The second-order valence-electron chi connectivity index (χ2n) is 7.08. The van der Waals surface area contributed by atoms with Gasteiger partial charge in [-0.05, 0) is 53.3 Å². The van der Waals surface area contributed by atoms with Gasteiger partial charge in [0.2, 0.25) is 13.6 Å². The molecular weight excluding hydrogens is 361 g/mol. The maximum Gasteiger partial charge on any atom is 0.337 e. The Morgan fingerprint density at radius 2 is 1.29 bits per heavy atom. The van der Waals surface area contributed by atoms with Crippen molar-refractivity contribution in [3.63, 3.8) is 0 Å². The third-order valence-corrected chi connectivity index (χ3v) is 4.54. The molecule has 0 aromatic carbocycles. The largest absolute Gasteiger partial charge is 0.438 e. The highest BCUT2D eigenvalue weighted by Gasteiger charge is 2.29. The summed E-state index contributed by atoms with van der Waals surface area (Å²) in [5.41, 5.74) is -1.43. The molecule has 0 heterocycles. The molecule has 0 atom stereocenters. The lowest BCUT2D eigenvalue weighted by Gasteiger charge is -2.21. The van der Waals surface area contributed by atoms with Crippen LogP contribution in [0.25, 0.3) is 0 Å². The standard InChI is InChI=1S/C14H27ClNO7P/c1-13(2,3)11(17)20-9-22-24(19,8-7-16-15)23-10-21-12(18)14(4,5)6/h16H,7-10H2,1-6H3. The minimum atomic E-state index is -3.65. The van der Waals surface area contributed by atoms with Crippen molar-refractivity contribution in [3.05, 3.63) is 0 Å². The predicted molar refractivity (Wildman–Crippen MR) is 89.3 cm³/mol. The van der Waals surface area contributed by atoms with E-state index in [2.05, 4.69) is 4.84 Å². The van der Waals surface area contributed by atoms with E-state index < -0.39 is 44.0 Å². The summed E-state index contributed by atoms with van der Waals surface area (Å²) in [6.45, 7) is 9.10. The molecule has 142 valence electrons. The van der Waals surface area contributed by atoms with Crippen molar-refractivity contribution in [2.24, 2.45) is 10.8 Å².